The molecule has 1 aromatic heterocycles. The average Bonchev–Trinajstić information content (AvgIpc) is 3.09. The standard InChI is InChI=1S/C24H24ClF3N2O4/c1-3-20-18(12-23(31)32)21(4-2)30(29-20)13-15-5-8-17(9-6-15)33-14-16-7-10-22(19(25)11-16)34-24(26,27)28/h5-11H,3-4,12-14H2,1-2H3,(H,31,32). The molecule has 1 heterocycles. The molecule has 0 aliphatic rings. The van der Waals surface area contributed by atoms with Crippen molar-refractivity contribution in [1.29, 1.82) is 0 Å². The molecule has 0 amide bonds. The second kappa shape index (κ2) is 10.8. The van der Waals surface area contributed by atoms with Crippen molar-refractivity contribution >= 4 is 17.6 Å². The van der Waals surface area contributed by atoms with E-state index in [2.05, 4.69) is 9.84 Å². The maximum Gasteiger partial charge on any atom is 0.573 e. The number of aliphatic carboxylic acids is 1. The zero-order chi connectivity index (χ0) is 24.9. The lowest BCUT2D eigenvalue weighted by Crippen LogP contribution is -2.17. The molecule has 2 aromatic carbocycles. The molecular weight excluding hydrogens is 473 g/mol. The van der Waals surface area contributed by atoms with Crippen molar-refractivity contribution in [2.75, 3.05) is 0 Å². The van der Waals surface area contributed by atoms with Gasteiger partial charge in [0, 0.05) is 11.3 Å². The number of carboxylic acids is 1. The van der Waals surface area contributed by atoms with Gasteiger partial charge in [0.05, 0.1) is 23.7 Å². The van der Waals surface area contributed by atoms with Crippen LogP contribution in [-0.4, -0.2) is 27.2 Å². The first-order valence-electron chi connectivity index (χ1n) is 10.6. The monoisotopic (exact) mass is 496 g/mol. The van der Waals surface area contributed by atoms with Crippen molar-refractivity contribution < 1.29 is 32.5 Å². The number of rotatable bonds is 10. The fraction of sp³-hybridized carbons (Fsp3) is 0.333. The normalized spacial score (nSPS) is 11.5. The maximum atomic E-state index is 12.4. The topological polar surface area (TPSA) is 73.6 Å². The third-order valence-corrected chi connectivity index (χ3v) is 5.43. The molecule has 0 fully saturated rings. The van der Waals surface area contributed by atoms with Crippen LogP contribution < -0.4 is 9.47 Å². The molecule has 34 heavy (non-hydrogen) atoms. The molecule has 6 nitrogen and oxygen atoms in total. The summed E-state index contributed by atoms with van der Waals surface area (Å²) in [5.74, 6) is -0.771. The van der Waals surface area contributed by atoms with Crippen molar-refractivity contribution in [3.63, 3.8) is 0 Å². The number of hydrogen-bond acceptors (Lipinski definition) is 4. The molecular formula is C24H24ClF3N2O4. The van der Waals surface area contributed by atoms with Crippen LogP contribution in [-0.2, 0) is 37.2 Å². The number of carboxylic acid groups (broad SMARTS) is 1. The molecule has 0 spiro atoms. The van der Waals surface area contributed by atoms with Gasteiger partial charge in [-0.3, -0.25) is 9.48 Å². The van der Waals surface area contributed by atoms with Gasteiger partial charge in [0.25, 0.3) is 0 Å². The molecule has 0 saturated heterocycles. The molecule has 1 N–H and O–H groups in total. The van der Waals surface area contributed by atoms with Crippen LogP contribution in [0.4, 0.5) is 13.2 Å². The van der Waals surface area contributed by atoms with Gasteiger partial charge >= 0.3 is 12.3 Å². The number of aryl methyl sites for hydroxylation is 1. The van der Waals surface area contributed by atoms with Gasteiger partial charge in [0.1, 0.15) is 18.1 Å². The first kappa shape index (κ1) is 25.4. The fourth-order valence-electron chi connectivity index (χ4n) is 3.63. The van der Waals surface area contributed by atoms with Crippen LogP contribution in [0.3, 0.4) is 0 Å². The highest BCUT2D eigenvalue weighted by Crippen LogP contribution is 2.31. The number of benzene rings is 2. The lowest BCUT2D eigenvalue weighted by Gasteiger charge is -2.12. The Hall–Kier alpha value is -3.20. The molecule has 0 bridgehead atoms. The average molecular weight is 497 g/mol. The molecule has 0 unspecified atom stereocenters. The summed E-state index contributed by atoms with van der Waals surface area (Å²) < 4.78 is 48.5. The van der Waals surface area contributed by atoms with E-state index in [1.807, 2.05) is 30.7 Å². The quantitative estimate of drug-likeness (QED) is 0.383. The van der Waals surface area contributed by atoms with Crippen LogP contribution in [0.15, 0.2) is 42.5 Å². The van der Waals surface area contributed by atoms with Gasteiger partial charge in [-0.05, 0) is 48.2 Å². The summed E-state index contributed by atoms with van der Waals surface area (Å²) in [5, 5.41) is 13.7. The lowest BCUT2D eigenvalue weighted by atomic mass is 10.1. The summed E-state index contributed by atoms with van der Waals surface area (Å²) in [7, 11) is 0. The van der Waals surface area contributed by atoms with Crippen molar-refractivity contribution in [2.24, 2.45) is 0 Å². The minimum absolute atomic E-state index is 0.0492. The third kappa shape index (κ3) is 6.66. The molecule has 3 aromatic rings. The van der Waals surface area contributed by atoms with Crippen LogP contribution in [0.2, 0.25) is 5.02 Å². The molecule has 10 heteroatoms. The van der Waals surface area contributed by atoms with E-state index >= 15 is 0 Å². The second-order valence-corrected chi connectivity index (χ2v) is 7.96. The van der Waals surface area contributed by atoms with E-state index in [0.717, 1.165) is 28.6 Å². The number of nitrogens with zero attached hydrogens (tertiary/aromatic N) is 2. The number of halogens is 4. The van der Waals surface area contributed by atoms with Gasteiger partial charge < -0.3 is 14.6 Å². The summed E-state index contributed by atoms with van der Waals surface area (Å²) in [4.78, 5) is 11.3. The van der Waals surface area contributed by atoms with E-state index in [1.54, 1.807) is 12.1 Å². The van der Waals surface area contributed by atoms with Crippen LogP contribution in [0.25, 0.3) is 0 Å². The Balaban J connectivity index is 1.66. The van der Waals surface area contributed by atoms with Crippen molar-refractivity contribution in [1.82, 2.24) is 9.78 Å². The van der Waals surface area contributed by atoms with E-state index in [0.29, 0.717) is 30.7 Å². The summed E-state index contributed by atoms with van der Waals surface area (Å²) in [6, 6.07) is 11.3. The number of hydrogen-bond donors (Lipinski definition) is 1. The van der Waals surface area contributed by atoms with Crippen LogP contribution in [0.1, 0.15) is 41.9 Å². The highest BCUT2D eigenvalue weighted by atomic mass is 35.5. The SMILES string of the molecule is CCc1nn(Cc2ccc(OCc3ccc(OC(F)(F)F)c(Cl)c3)cc2)c(CC)c1CC(=O)O. The van der Waals surface area contributed by atoms with E-state index in [-0.39, 0.29) is 18.1 Å². The number of carbonyl (C=O) groups is 1. The molecule has 0 aliphatic heterocycles. The number of aromatic nitrogens is 2. The maximum absolute atomic E-state index is 12.4. The molecule has 0 saturated carbocycles. The zero-order valence-corrected chi connectivity index (χ0v) is 19.4. The van der Waals surface area contributed by atoms with Crippen LogP contribution >= 0.6 is 11.6 Å². The van der Waals surface area contributed by atoms with Crippen molar-refractivity contribution in [3.8, 4) is 11.5 Å². The van der Waals surface area contributed by atoms with E-state index in [1.165, 1.54) is 12.1 Å². The molecule has 3 rings (SSSR count). The van der Waals surface area contributed by atoms with Gasteiger partial charge in [0.2, 0.25) is 0 Å². The first-order valence-corrected chi connectivity index (χ1v) is 11.0. The summed E-state index contributed by atoms with van der Waals surface area (Å²) >= 11 is 5.87. The van der Waals surface area contributed by atoms with Crippen molar-refractivity contribution in [3.05, 3.63) is 75.6 Å². The van der Waals surface area contributed by atoms with Gasteiger partial charge in [0.15, 0.2) is 0 Å². The number of alkyl halides is 3. The molecule has 0 atom stereocenters. The minimum atomic E-state index is -4.81. The first-order chi connectivity index (χ1) is 16.1. The van der Waals surface area contributed by atoms with E-state index < -0.39 is 18.1 Å². The van der Waals surface area contributed by atoms with Gasteiger partial charge in [-0.15, -0.1) is 13.2 Å². The fourth-order valence-corrected chi connectivity index (χ4v) is 3.87. The van der Waals surface area contributed by atoms with E-state index in [9.17, 15) is 23.1 Å². The molecule has 182 valence electrons. The lowest BCUT2D eigenvalue weighted by molar-refractivity contribution is -0.274. The van der Waals surface area contributed by atoms with Gasteiger partial charge in [-0.25, -0.2) is 0 Å². The minimum Gasteiger partial charge on any atom is -0.489 e. The molecule has 0 radical (unpaired) electrons. The van der Waals surface area contributed by atoms with E-state index in [4.69, 9.17) is 16.3 Å². The van der Waals surface area contributed by atoms with Crippen molar-refractivity contribution in [2.45, 2.75) is 52.6 Å². The predicted octanol–water partition coefficient (Wildman–Crippen LogP) is 5.81. The second-order valence-electron chi connectivity index (χ2n) is 7.55. The van der Waals surface area contributed by atoms with Gasteiger partial charge in [-0.1, -0.05) is 43.6 Å². The zero-order valence-electron chi connectivity index (χ0n) is 18.7. The van der Waals surface area contributed by atoms with Gasteiger partial charge in [-0.2, -0.15) is 5.10 Å². The molecule has 0 aliphatic carbocycles. The van der Waals surface area contributed by atoms with Crippen LogP contribution in [0, 0.1) is 0 Å². The summed E-state index contributed by atoms with van der Waals surface area (Å²) in [6.07, 6.45) is -3.53. The Labute approximate surface area is 199 Å². The Morgan fingerprint density at radius 1 is 1.09 bits per heavy atom. The Bertz CT molecular complexity index is 1140. The predicted molar refractivity (Wildman–Crippen MR) is 120 cm³/mol. The highest BCUT2D eigenvalue weighted by molar-refractivity contribution is 6.32. The Morgan fingerprint density at radius 2 is 1.76 bits per heavy atom. The third-order valence-electron chi connectivity index (χ3n) is 5.13. The Morgan fingerprint density at radius 3 is 2.32 bits per heavy atom. The summed E-state index contributed by atoms with van der Waals surface area (Å²) in [5.41, 5.74) is 4.04. The van der Waals surface area contributed by atoms with Crippen LogP contribution in [0.5, 0.6) is 11.5 Å². The number of ether oxygens (including phenoxy) is 2. The largest absolute Gasteiger partial charge is 0.573 e. The smallest absolute Gasteiger partial charge is 0.489 e. The Kier molecular flexibility index (Phi) is 8.09. The summed E-state index contributed by atoms with van der Waals surface area (Å²) in [6.45, 7) is 4.53. The highest BCUT2D eigenvalue weighted by Gasteiger charge is 2.32.